The van der Waals surface area contributed by atoms with E-state index in [2.05, 4.69) is 34.1 Å². The molecule has 0 unspecified atom stereocenters. The van der Waals surface area contributed by atoms with E-state index >= 15 is 0 Å². The molecule has 0 atom stereocenters. The summed E-state index contributed by atoms with van der Waals surface area (Å²) in [5.74, 6) is 0. The zero-order valence-corrected chi connectivity index (χ0v) is 11.1. The first-order valence-corrected chi connectivity index (χ1v) is 6.42. The van der Waals surface area contributed by atoms with Gasteiger partial charge >= 0.3 is 7.12 Å². The first kappa shape index (κ1) is 11.7. The lowest BCUT2D eigenvalue weighted by atomic mass is 9.79. The second kappa shape index (κ2) is 4.39. The Bertz CT molecular complexity index is 740. The first-order valence-electron chi connectivity index (χ1n) is 5.63. The summed E-state index contributed by atoms with van der Waals surface area (Å²) >= 11 is 3.36. The third kappa shape index (κ3) is 1.92. The highest BCUT2D eigenvalue weighted by molar-refractivity contribution is 9.10. The van der Waals surface area contributed by atoms with Gasteiger partial charge in [-0.05, 0) is 45.2 Å². The third-order valence-electron chi connectivity index (χ3n) is 3.10. The van der Waals surface area contributed by atoms with Gasteiger partial charge in [0.1, 0.15) is 0 Å². The van der Waals surface area contributed by atoms with Crippen molar-refractivity contribution in [3.8, 4) is 0 Å². The summed E-state index contributed by atoms with van der Waals surface area (Å²) < 4.78 is 0.709. The van der Waals surface area contributed by atoms with E-state index in [1.54, 1.807) is 6.07 Å². The number of benzene rings is 3. The highest BCUT2D eigenvalue weighted by Gasteiger charge is 2.15. The zero-order chi connectivity index (χ0) is 12.7. The van der Waals surface area contributed by atoms with Crippen molar-refractivity contribution in [3.05, 3.63) is 53.0 Å². The Kier molecular flexibility index (Phi) is 2.86. The summed E-state index contributed by atoms with van der Waals surface area (Å²) in [6.45, 7) is 0. The van der Waals surface area contributed by atoms with Crippen molar-refractivity contribution < 1.29 is 10.0 Å². The number of hydrogen-bond donors (Lipinski definition) is 2. The minimum absolute atomic E-state index is 0.484. The van der Waals surface area contributed by atoms with Gasteiger partial charge in [0.15, 0.2) is 0 Å². The molecule has 0 heterocycles. The fourth-order valence-corrected chi connectivity index (χ4v) is 2.75. The molecule has 88 valence electrons. The van der Waals surface area contributed by atoms with Crippen LogP contribution in [0.15, 0.2) is 53.0 Å². The van der Waals surface area contributed by atoms with Gasteiger partial charge in [-0.2, -0.15) is 0 Å². The quantitative estimate of drug-likeness (QED) is 0.535. The van der Waals surface area contributed by atoms with E-state index in [0.717, 1.165) is 16.2 Å². The first-order chi connectivity index (χ1) is 8.65. The van der Waals surface area contributed by atoms with Crippen LogP contribution in [0.4, 0.5) is 0 Å². The number of rotatable bonds is 1. The van der Waals surface area contributed by atoms with E-state index in [4.69, 9.17) is 0 Å². The van der Waals surface area contributed by atoms with Gasteiger partial charge in [-0.1, -0.05) is 46.3 Å². The van der Waals surface area contributed by atoms with E-state index in [9.17, 15) is 10.0 Å². The Morgan fingerprint density at radius 2 is 1.33 bits per heavy atom. The predicted octanol–water partition coefficient (Wildman–Crippen LogP) is 2.44. The molecule has 0 aromatic heterocycles. The predicted molar refractivity (Wildman–Crippen MR) is 79.0 cm³/mol. The van der Waals surface area contributed by atoms with Crippen molar-refractivity contribution in [2.75, 3.05) is 0 Å². The Balaban J connectivity index is 2.36. The van der Waals surface area contributed by atoms with E-state index in [1.807, 2.05) is 24.3 Å². The van der Waals surface area contributed by atoms with Crippen LogP contribution in [-0.2, 0) is 0 Å². The van der Waals surface area contributed by atoms with E-state index in [1.165, 1.54) is 5.39 Å². The van der Waals surface area contributed by atoms with Crippen LogP contribution >= 0.6 is 15.9 Å². The fraction of sp³-hybridized carbons (Fsp3) is 0. The standard InChI is InChI=1S/C14H10BBrO2/c16-14-8-12-6-10-4-2-1-3-9(10)5-11(12)7-13(14)15(17)18/h1-8,17-18H. The SMILES string of the molecule is OB(O)c1cc2cc3ccccc3cc2cc1Br. The molecule has 0 saturated carbocycles. The Morgan fingerprint density at radius 3 is 1.89 bits per heavy atom. The minimum atomic E-state index is -1.46. The van der Waals surface area contributed by atoms with Crippen LogP contribution in [0, 0.1) is 0 Å². The van der Waals surface area contributed by atoms with Crippen LogP contribution < -0.4 is 5.46 Å². The zero-order valence-electron chi connectivity index (χ0n) is 9.47. The summed E-state index contributed by atoms with van der Waals surface area (Å²) in [6, 6.07) is 16.0. The van der Waals surface area contributed by atoms with Gasteiger partial charge < -0.3 is 10.0 Å². The van der Waals surface area contributed by atoms with E-state index in [0.29, 0.717) is 9.94 Å². The smallest absolute Gasteiger partial charge is 0.423 e. The maximum atomic E-state index is 9.30. The molecule has 3 aromatic carbocycles. The third-order valence-corrected chi connectivity index (χ3v) is 3.79. The Hall–Kier alpha value is -1.36. The van der Waals surface area contributed by atoms with Crippen LogP contribution in [0.25, 0.3) is 21.5 Å². The molecule has 2 nitrogen and oxygen atoms in total. The Labute approximate surface area is 113 Å². The number of hydrogen-bond acceptors (Lipinski definition) is 2. The van der Waals surface area contributed by atoms with Gasteiger partial charge in [-0.15, -0.1) is 0 Å². The van der Waals surface area contributed by atoms with Crippen LogP contribution in [-0.4, -0.2) is 17.2 Å². The lowest BCUT2D eigenvalue weighted by molar-refractivity contribution is 0.425. The highest BCUT2D eigenvalue weighted by Crippen LogP contribution is 2.24. The van der Waals surface area contributed by atoms with Crippen LogP contribution in [0.2, 0.25) is 0 Å². The van der Waals surface area contributed by atoms with Crippen molar-refractivity contribution in [1.29, 1.82) is 0 Å². The van der Waals surface area contributed by atoms with Gasteiger partial charge in [-0.25, -0.2) is 0 Å². The minimum Gasteiger partial charge on any atom is -0.423 e. The molecule has 0 bridgehead atoms. The van der Waals surface area contributed by atoms with Crippen molar-refractivity contribution >= 4 is 50.1 Å². The molecule has 3 rings (SSSR count). The molecule has 4 heteroatoms. The second-order valence-electron chi connectivity index (χ2n) is 4.29. The van der Waals surface area contributed by atoms with Crippen molar-refractivity contribution in [1.82, 2.24) is 0 Å². The summed E-state index contributed by atoms with van der Waals surface area (Å²) in [7, 11) is -1.46. The molecule has 3 aromatic rings. The van der Waals surface area contributed by atoms with Gasteiger partial charge in [-0.3, -0.25) is 0 Å². The maximum absolute atomic E-state index is 9.30. The molecular weight excluding hydrogens is 291 g/mol. The van der Waals surface area contributed by atoms with Crippen LogP contribution in [0.3, 0.4) is 0 Å². The lowest BCUT2D eigenvalue weighted by Crippen LogP contribution is -2.30. The lowest BCUT2D eigenvalue weighted by Gasteiger charge is -2.07. The molecule has 2 N–H and O–H groups in total. The molecule has 0 saturated heterocycles. The average Bonchev–Trinajstić information content (AvgIpc) is 2.35. The van der Waals surface area contributed by atoms with Crippen LogP contribution in [0.5, 0.6) is 0 Å². The molecular formula is C14H10BBrO2. The molecule has 0 radical (unpaired) electrons. The summed E-state index contributed by atoms with van der Waals surface area (Å²) in [4.78, 5) is 0. The van der Waals surface area contributed by atoms with Gasteiger partial charge in [0, 0.05) is 4.47 Å². The van der Waals surface area contributed by atoms with Gasteiger partial charge in [0.25, 0.3) is 0 Å². The normalized spacial score (nSPS) is 11.1. The largest absolute Gasteiger partial charge is 0.489 e. The fourth-order valence-electron chi connectivity index (χ4n) is 2.18. The molecule has 0 fully saturated rings. The summed E-state index contributed by atoms with van der Waals surface area (Å²) in [5.41, 5.74) is 0.484. The molecule has 0 spiro atoms. The Morgan fingerprint density at radius 1 is 0.778 bits per heavy atom. The maximum Gasteiger partial charge on any atom is 0.489 e. The molecule has 0 aliphatic carbocycles. The van der Waals surface area contributed by atoms with Crippen molar-refractivity contribution in [3.63, 3.8) is 0 Å². The molecule has 0 amide bonds. The van der Waals surface area contributed by atoms with Crippen molar-refractivity contribution in [2.24, 2.45) is 0 Å². The second-order valence-corrected chi connectivity index (χ2v) is 5.15. The van der Waals surface area contributed by atoms with Crippen molar-refractivity contribution in [2.45, 2.75) is 0 Å². The van der Waals surface area contributed by atoms with Crippen LogP contribution in [0.1, 0.15) is 0 Å². The molecule has 0 aliphatic heterocycles. The molecule has 18 heavy (non-hydrogen) atoms. The van der Waals surface area contributed by atoms with E-state index < -0.39 is 7.12 Å². The van der Waals surface area contributed by atoms with Gasteiger partial charge in [0.05, 0.1) is 0 Å². The summed E-state index contributed by atoms with van der Waals surface area (Å²) in [6.07, 6.45) is 0. The number of fused-ring (bicyclic) bond motifs is 2. The highest BCUT2D eigenvalue weighted by atomic mass is 79.9. The number of halogens is 1. The average molecular weight is 301 g/mol. The topological polar surface area (TPSA) is 40.5 Å². The van der Waals surface area contributed by atoms with E-state index in [-0.39, 0.29) is 0 Å². The van der Waals surface area contributed by atoms with Gasteiger partial charge in [0.2, 0.25) is 0 Å². The monoisotopic (exact) mass is 300 g/mol. The summed E-state index contributed by atoms with van der Waals surface area (Å²) in [5, 5.41) is 23.0. The molecule has 0 aliphatic rings.